The molecule has 4 N–H and O–H groups in total. The molecular formula is C23H21F2N7OS. The number of aliphatic hydroxyl groups is 1. The minimum Gasteiger partial charge on any atom is -0.392 e. The molecule has 2 aromatic heterocycles. The fraction of sp³-hybridized carbons (Fsp3) is 0.348. The summed E-state index contributed by atoms with van der Waals surface area (Å²) in [6.45, 7) is 5.36. The summed E-state index contributed by atoms with van der Waals surface area (Å²) in [5.41, 5.74) is 6.35. The molecule has 3 aromatic rings. The summed E-state index contributed by atoms with van der Waals surface area (Å²) < 4.78 is 29.4. The van der Waals surface area contributed by atoms with Crippen molar-refractivity contribution in [3.8, 4) is 6.07 Å². The summed E-state index contributed by atoms with van der Waals surface area (Å²) in [5, 5.41) is 22.8. The van der Waals surface area contributed by atoms with Gasteiger partial charge in [0.1, 0.15) is 17.9 Å². The number of halogens is 2. The van der Waals surface area contributed by atoms with Crippen LogP contribution in [-0.2, 0) is 5.54 Å². The summed E-state index contributed by atoms with van der Waals surface area (Å²) in [5.74, 6) is -2.05. The van der Waals surface area contributed by atoms with Crippen LogP contribution < -0.4 is 11.1 Å². The number of benzene rings is 1. The summed E-state index contributed by atoms with van der Waals surface area (Å²) in [4.78, 5) is 17.1. The number of rotatable bonds is 4. The molecule has 5 rings (SSSR count). The Kier molecular flexibility index (Phi) is 5.00. The number of nitrogens with zero attached hydrogens (tertiary/aromatic N) is 5. The molecule has 8 nitrogen and oxygen atoms in total. The van der Waals surface area contributed by atoms with E-state index in [0.29, 0.717) is 16.6 Å². The van der Waals surface area contributed by atoms with Crippen molar-refractivity contribution in [3.63, 3.8) is 0 Å². The lowest BCUT2D eigenvalue weighted by molar-refractivity contribution is 0.167. The molecule has 174 valence electrons. The van der Waals surface area contributed by atoms with Crippen LogP contribution in [0.25, 0.3) is 11.0 Å². The van der Waals surface area contributed by atoms with E-state index in [4.69, 9.17) is 11.0 Å². The van der Waals surface area contributed by atoms with Crippen molar-refractivity contribution in [1.82, 2.24) is 15.0 Å². The van der Waals surface area contributed by atoms with Crippen LogP contribution in [0.15, 0.2) is 35.7 Å². The number of fused-ring (bicyclic) bond motifs is 2. The van der Waals surface area contributed by atoms with Gasteiger partial charge < -0.3 is 16.2 Å². The van der Waals surface area contributed by atoms with E-state index in [9.17, 15) is 9.50 Å². The van der Waals surface area contributed by atoms with Crippen molar-refractivity contribution in [2.75, 3.05) is 5.32 Å². The summed E-state index contributed by atoms with van der Waals surface area (Å²) in [6, 6.07) is 6.08. The van der Waals surface area contributed by atoms with Crippen LogP contribution in [0, 0.1) is 34.8 Å². The zero-order chi connectivity index (χ0) is 24.4. The number of nitrogens with two attached hydrogens (primary N) is 1. The third-order valence-corrected chi connectivity index (χ3v) is 8.53. The van der Waals surface area contributed by atoms with E-state index in [-0.39, 0.29) is 34.1 Å². The van der Waals surface area contributed by atoms with E-state index < -0.39 is 28.0 Å². The number of aromatic nitrogens is 3. The molecule has 34 heavy (non-hydrogen) atoms. The summed E-state index contributed by atoms with van der Waals surface area (Å²) in [7, 11) is 0. The first-order valence-electron chi connectivity index (χ1n) is 10.6. The van der Waals surface area contributed by atoms with Crippen molar-refractivity contribution in [1.29, 1.82) is 5.26 Å². The van der Waals surface area contributed by atoms with E-state index >= 15 is 4.39 Å². The number of aliphatic imine (C=N–C) groups is 1. The topological polar surface area (TPSA) is 133 Å². The molecule has 0 radical (unpaired) electrons. The number of amidine groups is 1. The van der Waals surface area contributed by atoms with E-state index in [2.05, 4.69) is 25.3 Å². The van der Waals surface area contributed by atoms with Gasteiger partial charge in [-0.25, -0.2) is 23.7 Å². The predicted octanol–water partition coefficient (Wildman–Crippen LogP) is 3.58. The Balaban J connectivity index is 1.60. The Hall–Kier alpha value is -3.36. The number of hydrogen-bond acceptors (Lipinski definition) is 9. The van der Waals surface area contributed by atoms with E-state index in [1.165, 1.54) is 30.4 Å². The number of thioether (sulfide) groups is 1. The molecule has 0 spiro atoms. The molecule has 11 heteroatoms. The fourth-order valence-electron chi connectivity index (χ4n) is 5.36. The molecule has 1 aliphatic carbocycles. The second-order valence-corrected chi connectivity index (χ2v) is 10.2. The van der Waals surface area contributed by atoms with Gasteiger partial charge in [0.25, 0.3) is 0 Å². The van der Waals surface area contributed by atoms with Crippen LogP contribution in [0.5, 0.6) is 0 Å². The monoisotopic (exact) mass is 481 g/mol. The van der Waals surface area contributed by atoms with Crippen LogP contribution in [0.2, 0.25) is 0 Å². The second-order valence-electron chi connectivity index (χ2n) is 8.87. The maximum atomic E-state index is 15.2. The third kappa shape index (κ3) is 3.13. The lowest BCUT2D eigenvalue weighted by Crippen LogP contribution is -2.40. The normalized spacial score (nSPS) is 28.6. The average Bonchev–Trinajstić information content (AvgIpc) is 3.41. The highest BCUT2D eigenvalue weighted by Crippen LogP contribution is 2.71. The van der Waals surface area contributed by atoms with Gasteiger partial charge in [-0.15, -0.1) is 0 Å². The quantitative estimate of drug-likeness (QED) is 0.515. The van der Waals surface area contributed by atoms with E-state index in [1.54, 1.807) is 19.9 Å². The minimum absolute atomic E-state index is 0.0179. The number of nitriles is 1. The van der Waals surface area contributed by atoms with Gasteiger partial charge >= 0.3 is 0 Å². The number of anilines is 2. The van der Waals surface area contributed by atoms with Crippen molar-refractivity contribution < 1.29 is 13.9 Å². The van der Waals surface area contributed by atoms with Gasteiger partial charge in [0.15, 0.2) is 22.6 Å². The molecule has 0 saturated heterocycles. The molecule has 2 aliphatic rings. The Morgan fingerprint density at radius 1 is 1.26 bits per heavy atom. The van der Waals surface area contributed by atoms with Gasteiger partial charge in [0.2, 0.25) is 0 Å². The van der Waals surface area contributed by atoms with Gasteiger partial charge in [-0.3, -0.25) is 4.99 Å². The Morgan fingerprint density at radius 2 is 2.03 bits per heavy atom. The van der Waals surface area contributed by atoms with Crippen LogP contribution in [0.3, 0.4) is 0 Å². The molecule has 3 heterocycles. The van der Waals surface area contributed by atoms with Crippen molar-refractivity contribution >= 4 is 39.5 Å². The van der Waals surface area contributed by atoms with Crippen LogP contribution in [-0.4, -0.2) is 36.1 Å². The van der Waals surface area contributed by atoms with Crippen LogP contribution >= 0.6 is 11.8 Å². The maximum Gasteiger partial charge on any atom is 0.164 e. The van der Waals surface area contributed by atoms with Gasteiger partial charge in [0, 0.05) is 29.4 Å². The molecule has 1 fully saturated rings. The second kappa shape index (κ2) is 7.58. The Morgan fingerprint density at radius 3 is 2.74 bits per heavy atom. The van der Waals surface area contributed by atoms with Crippen molar-refractivity contribution in [2.24, 2.45) is 22.6 Å². The van der Waals surface area contributed by atoms with Crippen molar-refractivity contribution in [2.45, 2.75) is 37.2 Å². The summed E-state index contributed by atoms with van der Waals surface area (Å²) >= 11 is 1.29. The van der Waals surface area contributed by atoms with Crippen molar-refractivity contribution in [3.05, 3.63) is 53.5 Å². The highest BCUT2D eigenvalue weighted by atomic mass is 32.2. The standard InChI is InChI=1S/C23H21F2N7OS/c1-10-19-22(3,32-21(27)34-23(10,19)11(2)33)14-5-13(6-15(24)17(14)25)31-20-18-16(29-9-30-20)4-12(7-26)8-28-18/h4-6,8-11,19,33H,1-3H3,(H2,27,32)(H,29,30,31)/t10-,11+,19-,22+,23+/m0/s1. The first-order valence-corrected chi connectivity index (χ1v) is 11.4. The number of nitrogens with one attached hydrogen (secondary N) is 1. The number of pyridine rings is 1. The molecule has 0 unspecified atom stereocenters. The van der Waals surface area contributed by atoms with Gasteiger partial charge in [-0.1, -0.05) is 18.7 Å². The molecule has 1 saturated carbocycles. The summed E-state index contributed by atoms with van der Waals surface area (Å²) in [6.07, 6.45) is 1.97. The fourth-order valence-corrected chi connectivity index (χ4v) is 6.94. The van der Waals surface area contributed by atoms with E-state index in [1.807, 2.05) is 13.0 Å². The Labute approximate surface area is 198 Å². The van der Waals surface area contributed by atoms with Crippen LogP contribution in [0.1, 0.15) is 31.9 Å². The molecular weight excluding hydrogens is 460 g/mol. The predicted molar refractivity (Wildman–Crippen MR) is 125 cm³/mol. The maximum absolute atomic E-state index is 15.2. The first-order chi connectivity index (χ1) is 16.1. The third-order valence-electron chi connectivity index (χ3n) is 6.91. The molecule has 1 aromatic carbocycles. The largest absolute Gasteiger partial charge is 0.392 e. The molecule has 0 bridgehead atoms. The zero-order valence-corrected chi connectivity index (χ0v) is 19.4. The average molecular weight is 482 g/mol. The van der Waals surface area contributed by atoms with Gasteiger partial charge in [-0.05, 0) is 31.9 Å². The van der Waals surface area contributed by atoms with E-state index in [0.717, 1.165) is 6.07 Å². The SMILES string of the molecule is C[C@@H](O)[C@@]12SC(N)=N[C@](C)(c3cc(Nc4ncnc5cc(C#N)cnc45)cc(F)c3F)[C@@H]1[C@@H]2C. The van der Waals surface area contributed by atoms with Gasteiger partial charge in [0.05, 0.1) is 27.5 Å². The zero-order valence-electron chi connectivity index (χ0n) is 18.5. The number of hydrogen-bond donors (Lipinski definition) is 3. The molecule has 5 atom stereocenters. The highest BCUT2D eigenvalue weighted by Gasteiger charge is 2.74. The van der Waals surface area contributed by atoms with Crippen LogP contribution in [0.4, 0.5) is 20.3 Å². The molecule has 1 aliphatic heterocycles. The lowest BCUT2D eigenvalue weighted by atomic mass is 9.84. The smallest absolute Gasteiger partial charge is 0.164 e. The lowest BCUT2D eigenvalue weighted by Gasteiger charge is -2.35. The number of aliphatic hydroxyl groups excluding tert-OH is 1. The first kappa shape index (κ1) is 22.4. The minimum atomic E-state index is -1.18. The highest BCUT2D eigenvalue weighted by molar-refractivity contribution is 8.15. The Bertz CT molecular complexity index is 1410. The molecule has 0 amide bonds. The van der Waals surface area contributed by atoms with Gasteiger partial charge in [-0.2, -0.15) is 5.26 Å².